The number of nitrogens with one attached hydrogen (secondary N) is 2. The van der Waals surface area contributed by atoms with E-state index < -0.39 is 17.9 Å². The van der Waals surface area contributed by atoms with Crippen molar-refractivity contribution in [2.75, 3.05) is 19.7 Å². The van der Waals surface area contributed by atoms with E-state index >= 15 is 0 Å². The van der Waals surface area contributed by atoms with Crippen LogP contribution >= 0.6 is 0 Å². The summed E-state index contributed by atoms with van der Waals surface area (Å²) in [6.45, 7) is 1.77. The SMILES string of the molecule is Cn1ccc2c(CC(C#N)NC(=O)C3CNCCCO3)ccc(-c3ccc4oc(=O)n(C)c4c3)c21. The van der Waals surface area contributed by atoms with Gasteiger partial charge in [0.25, 0.3) is 5.91 Å². The Hall–Kier alpha value is -3.87. The Morgan fingerprint density at radius 2 is 2.14 bits per heavy atom. The number of nitriles is 1. The van der Waals surface area contributed by atoms with Gasteiger partial charge in [-0.3, -0.25) is 9.36 Å². The number of carbonyl (C=O) groups is 1. The zero-order valence-electron chi connectivity index (χ0n) is 19.7. The van der Waals surface area contributed by atoms with Gasteiger partial charge in [-0.15, -0.1) is 0 Å². The molecule has 1 fully saturated rings. The van der Waals surface area contributed by atoms with Crippen LogP contribution in [0.2, 0.25) is 0 Å². The highest BCUT2D eigenvalue weighted by Gasteiger charge is 2.24. The van der Waals surface area contributed by atoms with Crippen molar-refractivity contribution in [3.8, 4) is 17.2 Å². The van der Waals surface area contributed by atoms with Crippen LogP contribution in [0.4, 0.5) is 0 Å². The zero-order valence-corrected chi connectivity index (χ0v) is 19.7. The first-order chi connectivity index (χ1) is 17.0. The van der Waals surface area contributed by atoms with Crippen LogP contribution in [0.1, 0.15) is 12.0 Å². The first-order valence-electron chi connectivity index (χ1n) is 11.7. The molecule has 2 aromatic heterocycles. The highest BCUT2D eigenvalue weighted by atomic mass is 16.5. The van der Waals surface area contributed by atoms with E-state index in [2.05, 4.69) is 16.7 Å². The molecule has 0 aliphatic carbocycles. The van der Waals surface area contributed by atoms with Gasteiger partial charge in [-0.05, 0) is 42.3 Å². The first-order valence-corrected chi connectivity index (χ1v) is 11.7. The van der Waals surface area contributed by atoms with Crippen LogP contribution in [0.3, 0.4) is 0 Å². The Morgan fingerprint density at radius 1 is 1.29 bits per heavy atom. The molecule has 0 bridgehead atoms. The molecule has 2 aromatic carbocycles. The molecular weight excluding hydrogens is 446 g/mol. The fraction of sp³-hybridized carbons (Fsp3) is 0.346. The Morgan fingerprint density at radius 3 is 2.97 bits per heavy atom. The van der Waals surface area contributed by atoms with Gasteiger partial charge in [0, 0.05) is 50.8 Å². The maximum absolute atomic E-state index is 12.7. The summed E-state index contributed by atoms with van der Waals surface area (Å²) < 4.78 is 14.4. The molecule has 35 heavy (non-hydrogen) atoms. The molecule has 1 amide bonds. The van der Waals surface area contributed by atoms with E-state index in [4.69, 9.17) is 9.15 Å². The Labute approximate surface area is 201 Å². The minimum absolute atomic E-state index is 0.272. The molecule has 1 aliphatic heterocycles. The lowest BCUT2D eigenvalue weighted by molar-refractivity contribution is -0.132. The number of rotatable bonds is 5. The standard InChI is InChI=1S/C26H27N5O4/c1-30-10-8-20-16(12-18(14-27)29-25(32)23-15-28-9-3-11-34-23)4-6-19(24(20)30)17-5-7-22-21(13-17)31(2)26(33)35-22/h4-8,10,13,18,23,28H,3,9,11-12,15H2,1-2H3,(H,29,32). The molecule has 0 radical (unpaired) electrons. The van der Waals surface area contributed by atoms with Crippen molar-refractivity contribution < 1.29 is 13.9 Å². The molecule has 9 nitrogen and oxygen atoms in total. The predicted octanol–water partition coefficient (Wildman–Crippen LogP) is 2.22. The van der Waals surface area contributed by atoms with Crippen molar-refractivity contribution in [1.82, 2.24) is 19.8 Å². The quantitative estimate of drug-likeness (QED) is 0.459. The summed E-state index contributed by atoms with van der Waals surface area (Å²) in [7, 11) is 3.66. The largest absolute Gasteiger partial charge is 0.419 e. The Balaban J connectivity index is 1.45. The van der Waals surface area contributed by atoms with Gasteiger partial charge in [-0.25, -0.2) is 4.79 Å². The highest BCUT2D eigenvalue weighted by Crippen LogP contribution is 2.33. The first kappa shape index (κ1) is 22.9. The third-order valence-corrected chi connectivity index (χ3v) is 6.56. The molecule has 1 aliphatic rings. The molecule has 4 aromatic rings. The van der Waals surface area contributed by atoms with Crippen LogP contribution in [-0.4, -0.2) is 46.9 Å². The number of ether oxygens (including phenoxy) is 1. The highest BCUT2D eigenvalue weighted by molar-refractivity contribution is 5.98. The smallest absolute Gasteiger partial charge is 0.408 e. The van der Waals surface area contributed by atoms with Crippen molar-refractivity contribution in [2.45, 2.75) is 25.0 Å². The van der Waals surface area contributed by atoms with Gasteiger partial charge in [-0.1, -0.05) is 18.2 Å². The topological polar surface area (TPSA) is 114 Å². The summed E-state index contributed by atoms with van der Waals surface area (Å²) in [6, 6.07) is 13.3. The number of fused-ring (bicyclic) bond motifs is 2. The van der Waals surface area contributed by atoms with Gasteiger partial charge in [0.15, 0.2) is 5.58 Å². The van der Waals surface area contributed by atoms with Gasteiger partial charge in [-0.2, -0.15) is 5.26 Å². The van der Waals surface area contributed by atoms with E-state index in [1.165, 1.54) is 4.57 Å². The van der Waals surface area contributed by atoms with Crippen molar-refractivity contribution in [3.05, 3.63) is 58.7 Å². The van der Waals surface area contributed by atoms with Crippen molar-refractivity contribution in [3.63, 3.8) is 0 Å². The molecule has 5 rings (SSSR count). The number of hydrogen-bond acceptors (Lipinski definition) is 6. The lowest BCUT2D eigenvalue weighted by Crippen LogP contribution is -2.46. The van der Waals surface area contributed by atoms with Gasteiger partial charge in [0.1, 0.15) is 12.1 Å². The number of aryl methyl sites for hydroxylation is 2. The molecule has 2 N–H and O–H groups in total. The number of oxazole rings is 1. The second-order valence-electron chi connectivity index (χ2n) is 8.88. The molecule has 2 unspecified atom stereocenters. The number of carbonyl (C=O) groups excluding carboxylic acids is 1. The molecule has 0 saturated carbocycles. The van der Waals surface area contributed by atoms with Crippen LogP contribution in [0.5, 0.6) is 0 Å². The maximum Gasteiger partial charge on any atom is 0.419 e. The summed E-state index contributed by atoms with van der Waals surface area (Å²) >= 11 is 0. The number of aromatic nitrogens is 2. The molecule has 0 spiro atoms. The molecule has 1 saturated heterocycles. The lowest BCUT2D eigenvalue weighted by Gasteiger charge is -2.18. The van der Waals surface area contributed by atoms with Gasteiger partial charge >= 0.3 is 5.76 Å². The van der Waals surface area contributed by atoms with E-state index in [9.17, 15) is 14.9 Å². The van der Waals surface area contributed by atoms with Crippen molar-refractivity contribution >= 4 is 27.9 Å². The van der Waals surface area contributed by atoms with Crippen LogP contribution in [0.15, 0.2) is 51.8 Å². The van der Waals surface area contributed by atoms with Crippen LogP contribution in [-0.2, 0) is 30.0 Å². The van der Waals surface area contributed by atoms with Crippen molar-refractivity contribution in [1.29, 1.82) is 5.26 Å². The minimum atomic E-state index is -0.680. The monoisotopic (exact) mass is 473 g/mol. The third kappa shape index (κ3) is 4.34. The average molecular weight is 474 g/mol. The second kappa shape index (κ2) is 9.41. The summed E-state index contributed by atoms with van der Waals surface area (Å²) in [5.41, 5.74) is 5.20. The Kier molecular flexibility index (Phi) is 6.16. The zero-order chi connectivity index (χ0) is 24.5. The summed E-state index contributed by atoms with van der Waals surface area (Å²) in [5, 5.41) is 16.8. The van der Waals surface area contributed by atoms with E-state index in [1.807, 2.05) is 48.1 Å². The summed E-state index contributed by atoms with van der Waals surface area (Å²) in [6.07, 6.45) is 2.61. The number of benzene rings is 2. The molecule has 180 valence electrons. The molecular formula is C26H27N5O4. The van der Waals surface area contributed by atoms with Gasteiger partial charge in [0.2, 0.25) is 0 Å². The van der Waals surface area contributed by atoms with Crippen LogP contribution in [0, 0.1) is 11.3 Å². The summed E-state index contributed by atoms with van der Waals surface area (Å²) in [4.78, 5) is 24.6. The van der Waals surface area contributed by atoms with Gasteiger partial charge < -0.3 is 24.4 Å². The maximum atomic E-state index is 12.7. The fourth-order valence-electron chi connectivity index (χ4n) is 4.68. The summed E-state index contributed by atoms with van der Waals surface area (Å²) in [5.74, 6) is -0.669. The third-order valence-electron chi connectivity index (χ3n) is 6.56. The normalized spacial score (nSPS) is 17.2. The van der Waals surface area contributed by atoms with E-state index in [1.54, 1.807) is 13.1 Å². The lowest BCUT2D eigenvalue weighted by atomic mass is 9.96. The van der Waals surface area contributed by atoms with E-state index in [0.717, 1.165) is 46.1 Å². The van der Waals surface area contributed by atoms with Crippen LogP contribution < -0.4 is 16.4 Å². The molecule has 3 heterocycles. The van der Waals surface area contributed by atoms with Crippen molar-refractivity contribution in [2.24, 2.45) is 14.1 Å². The second-order valence-corrected chi connectivity index (χ2v) is 8.88. The average Bonchev–Trinajstić information content (AvgIpc) is 3.23. The Bertz CT molecular complexity index is 1500. The number of hydrogen-bond donors (Lipinski definition) is 2. The van der Waals surface area contributed by atoms with E-state index in [-0.39, 0.29) is 5.91 Å². The number of amides is 1. The van der Waals surface area contributed by atoms with Crippen LogP contribution in [0.25, 0.3) is 33.1 Å². The number of nitrogens with zero attached hydrogens (tertiary/aromatic N) is 3. The predicted molar refractivity (Wildman–Crippen MR) is 132 cm³/mol. The minimum Gasteiger partial charge on any atom is -0.408 e. The van der Waals surface area contributed by atoms with Gasteiger partial charge in [0.05, 0.1) is 17.1 Å². The molecule has 2 atom stereocenters. The fourth-order valence-corrected chi connectivity index (χ4v) is 4.68. The molecule has 9 heteroatoms. The van der Waals surface area contributed by atoms with E-state index in [0.29, 0.717) is 25.2 Å².